The highest BCUT2D eigenvalue weighted by Gasteiger charge is 1.92. The molecule has 0 saturated heterocycles. The fourth-order valence-corrected chi connectivity index (χ4v) is 0.983. The summed E-state index contributed by atoms with van der Waals surface area (Å²) >= 11 is 0. The van der Waals surface area contributed by atoms with Crippen molar-refractivity contribution in [3.05, 3.63) is 29.3 Å². The topological polar surface area (TPSA) is 12.4 Å². The number of hydrogen-bond donors (Lipinski definition) is 0. The van der Waals surface area contributed by atoms with E-state index in [0.29, 0.717) is 0 Å². The fraction of sp³-hybridized carbons (Fsp3) is 0.222. The minimum atomic E-state index is 0.977. The molecule has 0 unspecified atom stereocenters. The van der Waals surface area contributed by atoms with Gasteiger partial charge in [-0.05, 0) is 32.2 Å². The molecular formula is C9H11N. The van der Waals surface area contributed by atoms with Crippen LogP contribution in [0.3, 0.4) is 0 Å². The van der Waals surface area contributed by atoms with Gasteiger partial charge in [0.15, 0.2) is 0 Å². The van der Waals surface area contributed by atoms with Crippen molar-refractivity contribution in [3.63, 3.8) is 0 Å². The lowest BCUT2D eigenvalue weighted by Gasteiger charge is -1.98. The zero-order valence-corrected chi connectivity index (χ0v) is 6.39. The van der Waals surface area contributed by atoms with Crippen LogP contribution in [-0.4, -0.2) is 6.72 Å². The summed E-state index contributed by atoms with van der Waals surface area (Å²) in [6, 6.07) is 6.12. The molecule has 0 aliphatic carbocycles. The fourth-order valence-electron chi connectivity index (χ4n) is 0.983. The molecule has 0 saturated carbocycles. The van der Waals surface area contributed by atoms with E-state index in [9.17, 15) is 0 Å². The number of benzene rings is 1. The Labute approximate surface area is 61.4 Å². The zero-order valence-electron chi connectivity index (χ0n) is 6.39. The maximum Gasteiger partial charge on any atom is 0.0651 e. The van der Waals surface area contributed by atoms with E-state index >= 15 is 0 Å². The van der Waals surface area contributed by atoms with Crippen LogP contribution in [0, 0.1) is 13.8 Å². The van der Waals surface area contributed by atoms with Crippen molar-refractivity contribution in [3.8, 4) is 0 Å². The van der Waals surface area contributed by atoms with E-state index < -0.39 is 0 Å². The molecule has 1 heteroatoms. The molecule has 0 aliphatic rings. The van der Waals surface area contributed by atoms with Crippen LogP contribution in [0.4, 0.5) is 5.69 Å². The molecule has 0 radical (unpaired) electrons. The summed E-state index contributed by atoms with van der Waals surface area (Å²) < 4.78 is 0. The van der Waals surface area contributed by atoms with Gasteiger partial charge in [-0.25, -0.2) is 0 Å². The molecular weight excluding hydrogens is 122 g/mol. The Bertz CT molecular complexity index is 251. The van der Waals surface area contributed by atoms with Crippen LogP contribution < -0.4 is 0 Å². The highest BCUT2D eigenvalue weighted by atomic mass is 14.7. The van der Waals surface area contributed by atoms with Crippen LogP contribution in [-0.2, 0) is 0 Å². The summed E-state index contributed by atoms with van der Waals surface area (Å²) in [5.74, 6) is 0. The number of rotatable bonds is 1. The Hall–Kier alpha value is -1.11. The molecule has 0 atom stereocenters. The number of aliphatic imine (C=N–C) groups is 1. The van der Waals surface area contributed by atoms with Gasteiger partial charge in [0, 0.05) is 0 Å². The summed E-state index contributed by atoms with van der Waals surface area (Å²) in [5.41, 5.74) is 3.44. The lowest BCUT2D eigenvalue weighted by Crippen LogP contribution is -1.75. The molecule has 0 spiro atoms. The Kier molecular flexibility index (Phi) is 1.86. The van der Waals surface area contributed by atoms with Gasteiger partial charge in [-0.2, -0.15) is 0 Å². The maximum absolute atomic E-state index is 3.86. The van der Waals surface area contributed by atoms with Crippen molar-refractivity contribution in [2.75, 3.05) is 0 Å². The molecule has 1 aromatic carbocycles. The van der Waals surface area contributed by atoms with Gasteiger partial charge in [-0.3, -0.25) is 4.99 Å². The van der Waals surface area contributed by atoms with Crippen molar-refractivity contribution in [2.45, 2.75) is 13.8 Å². The molecule has 0 aliphatic heterocycles. The summed E-state index contributed by atoms with van der Waals surface area (Å²) in [6.45, 7) is 7.58. The van der Waals surface area contributed by atoms with Gasteiger partial charge in [0.2, 0.25) is 0 Å². The highest BCUT2D eigenvalue weighted by Crippen LogP contribution is 2.17. The Morgan fingerprint density at radius 2 is 2.00 bits per heavy atom. The van der Waals surface area contributed by atoms with E-state index in [2.05, 4.69) is 24.7 Å². The average Bonchev–Trinajstić information content (AvgIpc) is 1.88. The van der Waals surface area contributed by atoms with Gasteiger partial charge < -0.3 is 0 Å². The van der Waals surface area contributed by atoms with Crippen molar-refractivity contribution in [1.29, 1.82) is 0 Å². The first-order valence-electron chi connectivity index (χ1n) is 3.28. The van der Waals surface area contributed by atoms with Gasteiger partial charge in [-0.1, -0.05) is 17.7 Å². The summed E-state index contributed by atoms with van der Waals surface area (Å²) in [5, 5.41) is 0. The standard InChI is InChI=1S/C9H11N/c1-7-4-5-9(10-3)8(2)6-7/h4-6H,3H2,1-2H3. The minimum absolute atomic E-state index is 0.977. The third kappa shape index (κ3) is 1.24. The van der Waals surface area contributed by atoms with Gasteiger partial charge in [0.25, 0.3) is 0 Å². The van der Waals surface area contributed by atoms with Gasteiger partial charge >= 0.3 is 0 Å². The quantitative estimate of drug-likeness (QED) is 0.522. The first kappa shape index (κ1) is 7.00. The molecule has 0 fully saturated rings. The second-order valence-electron chi connectivity index (χ2n) is 2.45. The molecule has 0 heterocycles. The second kappa shape index (κ2) is 2.65. The summed E-state index contributed by atoms with van der Waals surface area (Å²) in [7, 11) is 0. The third-order valence-electron chi connectivity index (χ3n) is 1.52. The Morgan fingerprint density at radius 1 is 1.30 bits per heavy atom. The molecule has 1 nitrogen and oxygen atoms in total. The highest BCUT2D eigenvalue weighted by molar-refractivity contribution is 5.51. The molecule has 0 amide bonds. The number of nitrogens with zero attached hydrogens (tertiary/aromatic N) is 1. The summed E-state index contributed by atoms with van der Waals surface area (Å²) in [6.07, 6.45) is 0. The first-order chi connectivity index (χ1) is 4.74. The third-order valence-corrected chi connectivity index (χ3v) is 1.52. The normalized spacial score (nSPS) is 9.40. The van der Waals surface area contributed by atoms with E-state index in [-0.39, 0.29) is 0 Å². The van der Waals surface area contributed by atoms with Crippen LogP contribution in [0.5, 0.6) is 0 Å². The van der Waals surface area contributed by atoms with Crippen LogP contribution in [0.25, 0.3) is 0 Å². The van der Waals surface area contributed by atoms with Gasteiger partial charge in [-0.15, -0.1) is 0 Å². The monoisotopic (exact) mass is 133 g/mol. The van der Waals surface area contributed by atoms with Crippen molar-refractivity contribution < 1.29 is 0 Å². The number of hydrogen-bond acceptors (Lipinski definition) is 1. The average molecular weight is 133 g/mol. The molecule has 0 N–H and O–H groups in total. The molecule has 10 heavy (non-hydrogen) atoms. The second-order valence-corrected chi connectivity index (χ2v) is 2.45. The van der Waals surface area contributed by atoms with E-state index in [4.69, 9.17) is 0 Å². The van der Waals surface area contributed by atoms with Gasteiger partial charge in [0.05, 0.1) is 5.69 Å². The minimum Gasteiger partial charge on any atom is -0.264 e. The van der Waals surface area contributed by atoms with Crippen molar-refractivity contribution in [1.82, 2.24) is 0 Å². The first-order valence-corrected chi connectivity index (χ1v) is 3.28. The van der Waals surface area contributed by atoms with Crippen LogP contribution in [0.2, 0.25) is 0 Å². The van der Waals surface area contributed by atoms with Crippen molar-refractivity contribution in [2.24, 2.45) is 4.99 Å². The molecule has 1 aromatic rings. The predicted molar refractivity (Wildman–Crippen MR) is 45.1 cm³/mol. The van der Waals surface area contributed by atoms with E-state index in [1.54, 1.807) is 0 Å². The molecule has 1 rings (SSSR count). The molecule has 52 valence electrons. The lowest BCUT2D eigenvalue weighted by atomic mass is 10.1. The predicted octanol–water partition coefficient (Wildman–Crippen LogP) is 2.64. The van der Waals surface area contributed by atoms with E-state index in [0.717, 1.165) is 5.69 Å². The Morgan fingerprint density at radius 3 is 2.50 bits per heavy atom. The Balaban J connectivity index is 3.19. The van der Waals surface area contributed by atoms with E-state index in [1.165, 1.54) is 11.1 Å². The zero-order chi connectivity index (χ0) is 7.56. The molecule has 0 aromatic heterocycles. The van der Waals surface area contributed by atoms with Gasteiger partial charge in [0.1, 0.15) is 0 Å². The smallest absolute Gasteiger partial charge is 0.0651 e. The van der Waals surface area contributed by atoms with Crippen molar-refractivity contribution >= 4 is 12.4 Å². The van der Waals surface area contributed by atoms with Crippen LogP contribution >= 0.6 is 0 Å². The summed E-state index contributed by atoms with van der Waals surface area (Å²) in [4.78, 5) is 3.86. The largest absolute Gasteiger partial charge is 0.264 e. The van der Waals surface area contributed by atoms with Crippen LogP contribution in [0.15, 0.2) is 23.2 Å². The molecule has 0 bridgehead atoms. The van der Waals surface area contributed by atoms with Crippen LogP contribution in [0.1, 0.15) is 11.1 Å². The lowest BCUT2D eigenvalue weighted by molar-refractivity contribution is 1.35. The SMILES string of the molecule is C=Nc1ccc(C)cc1C. The van der Waals surface area contributed by atoms with E-state index in [1.807, 2.05) is 19.1 Å². The number of aryl methyl sites for hydroxylation is 2. The maximum atomic E-state index is 3.86.